The second-order valence-corrected chi connectivity index (χ2v) is 10.1. The first-order valence-electron chi connectivity index (χ1n) is 11.6. The number of benzene rings is 2. The van der Waals surface area contributed by atoms with Crippen LogP contribution in [0.5, 0.6) is 11.5 Å². The predicted octanol–water partition coefficient (Wildman–Crippen LogP) is 3.78. The van der Waals surface area contributed by atoms with Crippen molar-refractivity contribution in [2.75, 3.05) is 33.4 Å². The van der Waals surface area contributed by atoms with Gasteiger partial charge in [0, 0.05) is 26.1 Å². The normalized spacial score (nSPS) is 14.9. The van der Waals surface area contributed by atoms with Crippen LogP contribution in [0.25, 0.3) is 0 Å². The molecule has 7 nitrogen and oxygen atoms in total. The summed E-state index contributed by atoms with van der Waals surface area (Å²) >= 11 is 0. The van der Waals surface area contributed by atoms with Gasteiger partial charge in [-0.15, -0.1) is 0 Å². The molecule has 1 heterocycles. The van der Waals surface area contributed by atoms with Crippen LogP contribution in [0.4, 0.5) is 0 Å². The van der Waals surface area contributed by atoms with Crippen molar-refractivity contribution in [1.29, 1.82) is 0 Å². The summed E-state index contributed by atoms with van der Waals surface area (Å²) in [4.78, 5) is 12.4. The maximum Gasteiger partial charge on any atom is 0.243 e. The minimum absolute atomic E-state index is 0.0197. The fraction of sp³-hybridized carbons (Fsp3) is 0.480. The molecule has 3 rings (SSSR count). The summed E-state index contributed by atoms with van der Waals surface area (Å²) in [7, 11) is -1.81. The average molecular weight is 475 g/mol. The van der Waals surface area contributed by atoms with Gasteiger partial charge >= 0.3 is 0 Å². The molecule has 33 heavy (non-hydrogen) atoms. The van der Waals surface area contributed by atoms with Crippen LogP contribution < -0.4 is 14.8 Å². The highest BCUT2D eigenvalue weighted by Gasteiger charge is 2.24. The number of amides is 1. The van der Waals surface area contributed by atoms with E-state index in [2.05, 4.69) is 5.32 Å². The van der Waals surface area contributed by atoms with Gasteiger partial charge in [-0.3, -0.25) is 4.79 Å². The Morgan fingerprint density at radius 2 is 1.58 bits per heavy atom. The van der Waals surface area contributed by atoms with Crippen LogP contribution in [0.15, 0.2) is 53.4 Å². The number of nitrogens with one attached hydrogen (secondary N) is 1. The summed E-state index contributed by atoms with van der Waals surface area (Å²) in [6, 6.07) is 14.4. The second-order valence-electron chi connectivity index (χ2n) is 8.19. The van der Waals surface area contributed by atoms with E-state index in [1.54, 1.807) is 23.5 Å². The predicted molar refractivity (Wildman–Crippen MR) is 128 cm³/mol. The summed E-state index contributed by atoms with van der Waals surface area (Å²) in [5.41, 5.74) is 0.993. The average Bonchev–Trinajstić information content (AvgIpc) is 3.13. The first-order chi connectivity index (χ1) is 16.0. The van der Waals surface area contributed by atoms with E-state index >= 15 is 0 Å². The second kappa shape index (κ2) is 12.6. The van der Waals surface area contributed by atoms with Gasteiger partial charge in [-0.1, -0.05) is 25.0 Å². The minimum Gasteiger partial charge on any atom is -0.497 e. The first-order valence-corrected chi connectivity index (χ1v) is 13.1. The molecule has 1 N–H and O–H groups in total. The third-order valence-electron chi connectivity index (χ3n) is 5.74. The van der Waals surface area contributed by atoms with E-state index in [0.717, 1.165) is 42.7 Å². The van der Waals surface area contributed by atoms with Crippen LogP contribution in [0.1, 0.15) is 44.1 Å². The number of ether oxygens (including phenoxy) is 2. The first kappa shape index (κ1) is 25.1. The van der Waals surface area contributed by atoms with E-state index in [0.29, 0.717) is 50.4 Å². The van der Waals surface area contributed by atoms with E-state index < -0.39 is 10.0 Å². The highest BCUT2D eigenvalue weighted by atomic mass is 32.2. The molecule has 2 aromatic rings. The lowest BCUT2D eigenvalue weighted by atomic mass is 10.1. The third kappa shape index (κ3) is 7.75. The van der Waals surface area contributed by atoms with Crippen molar-refractivity contribution in [1.82, 2.24) is 9.62 Å². The molecule has 1 fully saturated rings. The molecule has 0 aromatic heterocycles. The lowest BCUT2D eigenvalue weighted by molar-refractivity contribution is -0.121. The quantitative estimate of drug-likeness (QED) is 0.501. The number of carbonyl (C=O) groups excluding carboxylic acids is 1. The molecule has 180 valence electrons. The Labute approximate surface area is 197 Å². The summed E-state index contributed by atoms with van der Waals surface area (Å²) in [6.45, 7) is 2.17. The van der Waals surface area contributed by atoms with Crippen molar-refractivity contribution in [2.45, 2.75) is 49.8 Å². The van der Waals surface area contributed by atoms with Crippen LogP contribution >= 0.6 is 0 Å². The van der Waals surface area contributed by atoms with Crippen molar-refractivity contribution in [3.63, 3.8) is 0 Å². The fourth-order valence-corrected chi connectivity index (χ4v) is 5.31. The Hall–Kier alpha value is -2.58. The molecular weight excluding hydrogens is 440 g/mol. The number of nitrogens with zero attached hydrogens (tertiary/aromatic N) is 1. The van der Waals surface area contributed by atoms with Crippen LogP contribution in [-0.2, 0) is 21.2 Å². The van der Waals surface area contributed by atoms with Crippen molar-refractivity contribution in [2.24, 2.45) is 0 Å². The molecule has 1 saturated heterocycles. The van der Waals surface area contributed by atoms with E-state index in [1.807, 2.05) is 36.4 Å². The van der Waals surface area contributed by atoms with E-state index in [4.69, 9.17) is 9.47 Å². The Morgan fingerprint density at radius 1 is 0.939 bits per heavy atom. The zero-order chi connectivity index (χ0) is 23.5. The van der Waals surface area contributed by atoms with Crippen molar-refractivity contribution >= 4 is 15.9 Å². The molecule has 0 spiro atoms. The van der Waals surface area contributed by atoms with Crippen LogP contribution in [-0.4, -0.2) is 52.0 Å². The van der Waals surface area contributed by atoms with E-state index in [9.17, 15) is 13.2 Å². The van der Waals surface area contributed by atoms with Crippen LogP contribution in [0.3, 0.4) is 0 Å². The molecule has 1 aliphatic rings. The maximum atomic E-state index is 12.9. The van der Waals surface area contributed by atoms with Gasteiger partial charge in [-0.05, 0) is 67.6 Å². The smallest absolute Gasteiger partial charge is 0.243 e. The molecular formula is C25H34N2O5S. The number of hydrogen-bond acceptors (Lipinski definition) is 5. The monoisotopic (exact) mass is 474 g/mol. The third-order valence-corrected chi connectivity index (χ3v) is 7.65. The summed E-state index contributed by atoms with van der Waals surface area (Å²) < 4.78 is 38.0. The molecule has 1 amide bonds. The van der Waals surface area contributed by atoms with Gasteiger partial charge in [0.15, 0.2) is 0 Å². The Morgan fingerprint density at radius 3 is 2.21 bits per heavy atom. The number of hydrogen-bond donors (Lipinski definition) is 1. The molecule has 0 radical (unpaired) electrons. The maximum absolute atomic E-state index is 12.9. The molecule has 0 unspecified atom stereocenters. The molecule has 0 atom stereocenters. The SMILES string of the molecule is COc1ccc(OCCCC(=O)NCCc2ccc(S(=O)(=O)N3CCCCCC3)cc2)cc1. The topological polar surface area (TPSA) is 84.9 Å². The van der Waals surface area contributed by atoms with Gasteiger partial charge in [0.1, 0.15) is 11.5 Å². The molecule has 0 bridgehead atoms. The summed E-state index contributed by atoms with van der Waals surface area (Å²) in [5, 5.41) is 2.91. The molecule has 0 aliphatic carbocycles. The van der Waals surface area contributed by atoms with Gasteiger partial charge in [0.25, 0.3) is 0 Å². The highest BCUT2D eigenvalue weighted by Crippen LogP contribution is 2.21. The summed E-state index contributed by atoms with van der Waals surface area (Å²) in [6.07, 6.45) is 5.69. The minimum atomic E-state index is -3.43. The van der Waals surface area contributed by atoms with Gasteiger partial charge in [0.05, 0.1) is 18.6 Å². The Bertz CT molecular complexity index is 967. The zero-order valence-corrected chi connectivity index (χ0v) is 20.1. The van der Waals surface area contributed by atoms with Gasteiger partial charge in [-0.2, -0.15) is 4.31 Å². The van der Waals surface area contributed by atoms with Gasteiger partial charge < -0.3 is 14.8 Å². The molecule has 0 saturated carbocycles. The highest BCUT2D eigenvalue weighted by molar-refractivity contribution is 7.89. The molecule has 1 aliphatic heterocycles. The van der Waals surface area contributed by atoms with Crippen molar-refractivity contribution in [3.05, 3.63) is 54.1 Å². The Balaban J connectivity index is 1.35. The number of methoxy groups -OCH3 is 1. The summed E-state index contributed by atoms with van der Waals surface area (Å²) in [5.74, 6) is 1.50. The number of sulfonamides is 1. The van der Waals surface area contributed by atoms with Gasteiger partial charge in [-0.25, -0.2) is 8.42 Å². The number of carbonyl (C=O) groups is 1. The lowest BCUT2D eigenvalue weighted by Gasteiger charge is -2.20. The molecule has 8 heteroatoms. The van der Waals surface area contributed by atoms with Crippen molar-refractivity contribution < 1.29 is 22.7 Å². The van der Waals surface area contributed by atoms with E-state index in [-0.39, 0.29) is 5.91 Å². The van der Waals surface area contributed by atoms with Crippen LogP contribution in [0, 0.1) is 0 Å². The largest absolute Gasteiger partial charge is 0.497 e. The lowest BCUT2D eigenvalue weighted by Crippen LogP contribution is -2.31. The van der Waals surface area contributed by atoms with Crippen molar-refractivity contribution in [3.8, 4) is 11.5 Å². The number of rotatable bonds is 11. The fourth-order valence-electron chi connectivity index (χ4n) is 3.79. The standard InChI is InChI=1S/C25H34N2O5S/c1-31-22-10-12-23(13-11-22)32-20-6-7-25(28)26-17-16-21-8-14-24(15-9-21)33(29,30)27-18-4-2-3-5-19-27/h8-15H,2-7,16-20H2,1H3,(H,26,28). The molecule has 2 aromatic carbocycles. The van der Waals surface area contributed by atoms with E-state index in [1.165, 1.54) is 0 Å². The zero-order valence-electron chi connectivity index (χ0n) is 19.3. The van der Waals surface area contributed by atoms with Crippen LogP contribution in [0.2, 0.25) is 0 Å². The van der Waals surface area contributed by atoms with Gasteiger partial charge in [0.2, 0.25) is 15.9 Å². The Kier molecular flexibility index (Phi) is 9.57.